The fourth-order valence-electron chi connectivity index (χ4n) is 5.57. The van der Waals surface area contributed by atoms with Crippen molar-refractivity contribution in [3.05, 3.63) is 75.5 Å². The molecule has 2 aliphatic heterocycles. The molecule has 284 valence electrons. The normalized spacial score (nSPS) is 15.4. The first-order valence-corrected chi connectivity index (χ1v) is 17.4. The zero-order valence-corrected chi connectivity index (χ0v) is 29.9. The summed E-state index contributed by atoms with van der Waals surface area (Å²) in [5, 5.41) is 8.46. The summed E-state index contributed by atoms with van der Waals surface area (Å²) < 4.78 is 52.6. The third-order valence-corrected chi connectivity index (χ3v) is 8.68. The van der Waals surface area contributed by atoms with Crippen LogP contribution < -0.4 is 25.4 Å². The van der Waals surface area contributed by atoms with E-state index in [4.69, 9.17) is 42.1 Å². The zero-order chi connectivity index (χ0) is 37.7. The standard InChI is InChI=1S/C35H37Cl2F2N5O9/c36-24-18-40-19-25(37)31(24)43-32(46)21-5-7-28(53-35(38)39)29(17-21)52-16-15-51-14-13-50-12-11-49-10-2-9-41-26-4-1-3-22-23(26)20-44(34(22)48)27-6-8-30(45)42-33(27)47/h1,3-5,7,17-19,27,35,41H,2,6,8-16,20H2,(H,40,43,46)(H,42,45,47). The fourth-order valence-corrected chi connectivity index (χ4v) is 6.03. The largest absolute Gasteiger partial charge is 0.487 e. The number of aromatic nitrogens is 1. The van der Waals surface area contributed by atoms with Gasteiger partial charge in [-0.15, -0.1) is 0 Å². The molecule has 3 N–H and O–H groups in total. The smallest absolute Gasteiger partial charge is 0.387 e. The Morgan fingerprint density at radius 1 is 0.943 bits per heavy atom. The van der Waals surface area contributed by atoms with Crippen LogP contribution in [-0.2, 0) is 30.3 Å². The van der Waals surface area contributed by atoms with E-state index in [1.807, 2.05) is 6.07 Å². The number of alkyl halides is 2. The summed E-state index contributed by atoms with van der Waals surface area (Å²) >= 11 is 12.1. The number of nitrogens with one attached hydrogen (secondary N) is 3. The van der Waals surface area contributed by atoms with E-state index < -0.39 is 24.5 Å². The van der Waals surface area contributed by atoms with E-state index in [2.05, 4.69) is 25.7 Å². The molecular formula is C35H37Cl2F2N5O9. The molecule has 0 spiro atoms. The molecule has 0 saturated carbocycles. The molecule has 1 atom stereocenters. The maximum atomic E-state index is 13.0. The molecule has 5 rings (SSSR count). The summed E-state index contributed by atoms with van der Waals surface area (Å²) in [7, 11) is 0. The van der Waals surface area contributed by atoms with Crippen molar-refractivity contribution in [1.82, 2.24) is 15.2 Å². The lowest BCUT2D eigenvalue weighted by Crippen LogP contribution is -2.52. The highest BCUT2D eigenvalue weighted by atomic mass is 35.5. The van der Waals surface area contributed by atoms with Crippen molar-refractivity contribution in [2.75, 3.05) is 63.4 Å². The summed E-state index contributed by atoms with van der Waals surface area (Å²) in [6.45, 7) is -0.411. The number of halogens is 4. The maximum absolute atomic E-state index is 13.0. The van der Waals surface area contributed by atoms with E-state index in [9.17, 15) is 28.0 Å². The van der Waals surface area contributed by atoms with Gasteiger partial charge in [0.05, 0.1) is 48.8 Å². The van der Waals surface area contributed by atoms with Crippen LogP contribution in [0.3, 0.4) is 0 Å². The van der Waals surface area contributed by atoms with Crippen molar-refractivity contribution in [3.63, 3.8) is 0 Å². The van der Waals surface area contributed by atoms with E-state index in [1.54, 1.807) is 12.1 Å². The van der Waals surface area contributed by atoms with Crippen LogP contribution in [0, 0.1) is 0 Å². The topological polar surface area (TPSA) is 167 Å². The van der Waals surface area contributed by atoms with Crippen LogP contribution >= 0.6 is 23.2 Å². The van der Waals surface area contributed by atoms with Crippen LogP contribution in [0.4, 0.5) is 20.2 Å². The minimum absolute atomic E-state index is 0.0238. The molecule has 1 saturated heterocycles. The SMILES string of the molecule is O=C1CCC(N2Cc3c(NCCCOCCOCCOCCOc4cc(C(=O)Nc5c(Cl)cncc5Cl)ccc4OC(F)F)cccc3C2=O)C(=O)N1. The van der Waals surface area contributed by atoms with Crippen LogP contribution in [0.15, 0.2) is 48.8 Å². The van der Waals surface area contributed by atoms with Gasteiger partial charge in [-0.25, -0.2) is 0 Å². The van der Waals surface area contributed by atoms with Crippen molar-refractivity contribution in [1.29, 1.82) is 0 Å². The minimum atomic E-state index is -3.11. The van der Waals surface area contributed by atoms with E-state index in [0.29, 0.717) is 51.3 Å². The van der Waals surface area contributed by atoms with Crippen LogP contribution in [0.1, 0.15) is 45.5 Å². The quantitative estimate of drug-likeness (QED) is 0.105. The summed E-state index contributed by atoms with van der Waals surface area (Å²) in [5.74, 6) is -1.95. The highest BCUT2D eigenvalue weighted by molar-refractivity contribution is 6.39. The molecule has 3 heterocycles. The third kappa shape index (κ3) is 11.0. The fraction of sp³-hybridized carbons (Fsp3) is 0.400. The zero-order valence-electron chi connectivity index (χ0n) is 28.3. The monoisotopic (exact) mass is 779 g/mol. The van der Waals surface area contributed by atoms with E-state index in [1.165, 1.54) is 35.5 Å². The number of pyridine rings is 1. The second-order valence-corrected chi connectivity index (χ2v) is 12.5. The van der Waals surface area contributed by atoms with Crippen LogP contribution in [0.5, 0.6) is 11.5 Å². The Hall–Kier alpha value is -4.61. The molecule has 1 unspecified atom stereocenters. The summed E-state index contributed by atoms with van der Waals surface area (Å²) in [5.41, 5.74) is 2.41. The first-order valence-electron chi connectivity index (χ1n) is 16.7. The number of imide groups is 1. The molecular weight excluding hydrogens is 743 g/mol. The molecule has 2 aromatic carbocycles. The van der Waals surface area contributed by atoms with E-state index >= 15 is 0 Å². The number of rotatable bonds is 20. The first-order chi connectivity index (χ1) is 25.6. The molecule has 0 radical (unpaired) electrons. The number of nitrogens with zero attached hydrogens (tertiary/aromatic N) is 2. The van der Waals surface area contributed by atoms with Gasteiger partial charge >= 0.3 is 6.61 Å². The van der Waals surface area contributed by atoms with Crippen LogP contribution in [0.2, 0.25) is 10.0 Å². The predicted octanol–water partition coefficient (Wildman–Crippen LogP) is 4.93. The minimum Gasteiger partial charge on any atom is -0.487 e. The number of carbonyl (C=O) groups is 4. The average Bonchev–Trinajstić information content (AvgIpc) is 3.46. The summed E-state index contributed by atoms with van der Waals surface area (Å²) in [4.78, 5) is 55.0. The number of anilines is 2. The molecule has 1 aromatic heterocycles. The molecule has 4 amide bonds. The van der Waals surface area contributed by atoms with Crippen molar-refractivity contribution in [2.24, 2.45) is 0 Å². The lowest BCUT2D eigenvalue weighted by molar-refractivity contribution is -0.136. The molecule has 2 aliphatic rings. The third-order valence-electron chi connectivity index (χ3n) is 8.11. The van der Waals surface area contributed by atoms with Crippen LogP contribution in [-0.4, -0.2) is 99.0 Å². The predicted molar refractivity (Wildman–Crippen MR) is 189 cm³/mol. The second-order valence-electron chi connectivity index (χ2n) is 11.7. The van der Waals surface area contributed by atoms with Gasteiger partial charge in [-0.2, -0.15) is 8.78 Å². The Bertz CT molecular complexity index is 1770. The molecule has 0 bridgehead atoms. The van der Waals surface area contributed by atoms with Crippen molar-refractivity contribution in [2.45, 2.75) is 38.5 Å². The highest BCUT2D eigenvalue weighted by Crippen LogP contribution is 2.34. The molecule has 53 heavy (non-hydrogen) atoms. The summed E-state index contributed by atoms with van der Waals surface area (Å²) in [6, 6.07) is 8.49. The van der Waals surface area contributed by atoms with Crippen molar-refractivity contribution in [3.8, 4) is 11.5 Å². The van der Waals surface area contributed by atoms with Gasteiger partial charge in [0.2, 0.25) is 11.8 Å². The summed E-state index contributed by atoms with van der Waals surface area (Å²) in [6.07, 6.45) is 3.82. The number of benzene rings is 2. The Morgan fingerprint density at radius 2 is 1.64 bits per heavy atom. The van der Waals surface area contributed by atoms with Gasteiger partial charge in [-0.1, -0.05) is 29.3 Å². The first kappa shape index (κ1) is 39.6. The van der Waals surface area contributed by atoms with Gasteiger partial charge in [-0.05, 0) is 43.2 Å². The van der Waals surface area contributed by atoms with Crippen molar-refractivity contribution >= 4 is 58.2 Å². The Labute approximate surface area is 313 Å². The maximum Gasteiger partial charge on any atom is 0.387 e. The molecule has 14 nitrogen and oxygen atoms in total. The number of ether oxygens (including phenoxy) is 5. The molecule has 0 aliphatic carbocycles. The number of fused-ring (bicyclic) bond motifs is 1. The van der Waals surface area contributed by atoms with E-state index in [-0.39, 0.29) is 77.5 Å². The van der Waals surface area contributed by atoms with Gasteiger partial charge in [0.25, 0.3) is 11.8 Å². The highest BCUT2D eigenvalue weighted by Gasteiger charge is 2.39. The molecule has 18 heteroatoms. The number of hydrogen-bond donors (Lipinski definition) is 3. The molecule has 1 fully saturated rings. The number of piperidine rings is 1. The number of hydrogen-bond acceptors (Lipinski definition) is 11. The van der Waals surface area contributed by atoms with Gasteiger partial charge in [-0.3, -0.25) is 29.5 Å². The average molecular weight is 781 g/mol. The van der Waals surface area contributed by atoms with Crippen LogP contribution in [0.25, 0.3) is 0 Å². The van der Waals surface area contributed by atoms with Gasteiger partial charge in [0, 0.05) is 60.9 Å². The van der Waals surface area contributed by atoms with Gasteiger partial charge < -0.3 is 39.2 Å². The van der Waals surface area contributed by atoms with Gasteiger partial charge in [0.15, 0.2) is 11.5 Å². The molecule has 3 aromatic rings. The Kier molecular flexibility index (Phi) is 14.5. The Morgan fingerprint density at radius 3 is 2.34 bits per heavy atom. The Balaban J connectivity index is 0.931. The van der Waals surface area contributed by atoms with Gasteiger partial charge in [0.1, 0.15) is 12.6 Å². The number of carbonyl (C=O) groups excluding carboxylic acids is 4. The lowest BCUT2D eigenvalue weighted by atomic mass is 10.0. The second kappa shape index (κ2) is 19.5. The van der Waals surface area contributed by atoms with Crippen molar-refractivity contribution < 1.29 is 51.6 Å². The van der Waals surface area contributed by atoms with E-state index in [0.717, 1.165) is 11.3 Å². The lowest BCUT2D eigenvalue weighted by Gasteiger charge is -2.29. The number of amides is 4.